The van der Waals surface area contributed by atoms with E-state index in [2.05, 4.69) is 20.9 Å². The Bertz CT molecular complexity index is 1190. The molecule has 0 atom stereocenters. The molecule has 0 spiro atoms. The molecule has 1 aliphatic rings. The Morgan fingerprint density at radius 1 is 0.970 bits per heavy atom. The van der Waals surface area contributed by atoms with Crippen molar-refractivity contribution < 1.29 is 14.0 Å². The highest BCUT2D eigenvalue weighted by atomic mass is 19.1. The number of rotatable bonds is 4. The average Bonchev–Trinajstić information content (AvgIpc) is 2.83. The van der Waals surface area contributed by atoms with Crippen molar-refractivity contribution in [2.24, 2.45) is 0 Å². The number of hydrogen-bond acceptors (Lipinski definition) is 3. The number of aryl methyl sites for hydroxylation is 1. The summed E-state index contributed by atoms with van der Waals surface area (Å²) in [6.07, 6.45) is 4.40. The molecule has 0 bridgehead atoms. The fraction of sp³-hybridized carbons (Fsp3) is 0.160. The van der Waals surface area contributed by atoms with E-state index in [0.29, 0.717) is 24.6 Å². The van der Waals surface area contributed by atoms with Gasteiger partial charge in [0.25, 0.3) is 0 Å². The van der Waals surface area contributed by atoms with Gasteiger partial charge in [-0.3, -0.25) is 5.32 Å². The Balaban J connectivity index is 1.32. The molecule has 1 aliphatic heterocycles. The summed E-state index contributed by atoms with van der Waals surface area (Å²) in [5.74, 6) is 0.0736. The van der Waals surface area contributed by atoms with Crippen LogP contribution >= 0.6 is 0 Å². The maximum atomic E-state index is 13.7. The molecule has 2 heterocycles. The van der Waals surface area contributed by atoms with Gasteiger partial charge in [-0.2, -0.15) is 0 Å². The summed E-state index contributed by atoms with van der Waals surface area (Å²) in [4.78, 5) is 30.6. The SMILES string of the molecule is Cc1cccnc1NC(=O)N1CC=C(c2ccc(NC(=O)Nc3ccccc3F)cc2)CC1. The molecule has 8 heteroatoms. The summed E-state index contributed by atoms with van der Waals surface area (Å²) in [5.41, 5.74) is 3.78. The van der Waals surface area contributed by atoms with Gasteiger partial charge in [-0.25, -0.2) is 19.0 Å². The van der Waals surface area contributed by atoms with Crippen molar-refractivity contribution >= 4 is 34.8 Å². The quantitative estimate of drug-likeness (QED) is 0.496. The number of carbonyl (C=O) groups excluding carboxylic acids is 2. The number of hydrogen-bond donors (Lipinski definition) is 3. The van der Waals surface area contributed by atoms with Crippen molar-refractivity contribution in [3.63, 3.8) is 0 Å². The van der Waals surface area contributed by atoms with Gasteiger partial charge in [0.1, 0.15) is 11.6 Å². The molecule has 3 N–H and O–H groups in total. The topological polar surface area (TPSA) is 86.4 Å². The van der Waals surface area contributed by atoms with Crippen molar-refractivity contribution in [2.45, 2.75) is 13.3 Å². The Morgan fingerprint density at radius 2 is 1.76 bits per heavy atom. The van der Waals surface area contributed by atoms with Gasteiger partial charge in [0.15, 0.2) is 0 Å². The Labute approximate surface area is 191 Å². The molecule has 168 valence electrons. The molecule has 0 saturated carbocycles. The largest absolute Gasteiger partial charge is 0.323 e. The summed E-state index contributed by atoms with van der Waals surface area (Å²) in [6, 6.07) is 16.4. The first-order valence-corrected chi connectivity index (χ1v) is 10.6. The summed E-state index contributed by atoms with van der Waals surface area (Å²) in [7, 11) is 0. The van der Waals surface area contributed by atoms with E-state index in [1.807, 2.05) is 37.3 Å². The lowest BCUT2D eigenvalue weighted by atomic mass is 9.99. The molecular formula is C25H24FN5O2. The lowest BCUT2D eigenvalue weighted by molar-refractivity contribution is 0.217. The van der Waals surface area contributed by atoms with Gasteiger partial charge < -0.3 is 15.5 Å². The minimum Gasteiger partial charge on any atom is -0.320 e. The van der Waals surface area contributed by atoms with E-state index < -0.39 is 11.8 Å². The maximum absolute atomic E-state index is 13.7. The summed E-state index contributed by atoms with van der Waals surface area (Å²) < 4.78 is 13.7. The zero-order chi connectivity index (χ0) is 23.2. The number of pyridine rings is 1. The number of aromatic nitrogens is 1. The molecule has 33 heavy (non-hydrogen) atoms. The maximum Gasteiger partial charge on any atom is 0.323 e. The van der Waals surface area contributed by atoms with Crippen LogP contribution < -0.4 is 16.0 Å². The molecule has 2 aromatic carbocycles. The second-order valence-corrected chi connectivity index (χ2v) is 7.66. The number of urea groups is 2. The Morgan fingerprint density at radius 3 is 2.45 bits per heavy atom. The zero-order valence-corrected chi connectivity index (χ0v) is 18.1. The molecule has 0 saturated heterocycles. The zero-order valence-electron chi connectivity index (χ0n) is 18.1. The van der Waals surface area contributed by atoms with E-state index in [0.717, 1.165) is 23.1 Å². The van der Waals surface area contributed by atoms with Crippen LogP contribution in [-0.4, -0.2) is 35.0 Å². The highest BCUT2D eigenvalue weighted by Crippen LogP contribution is 2.24. The predicted octanol–water partition coefficient (Wildman–Crippen LogP) is 5.49. The molecule has 4 amide bonds. The van der Waals surface area contributed by atoms with Crippen molar-refractivity contribution in [3.05, 3.63) is 89.9 Å². The second-order valence-electron chi connectivity index (χ2n) is 7.66. The third-order valence-corrected chi connectivity index (χ3v) is 5.37. The van der Waals surface area contributed by atoms with Gasteiger partial charge in [-0.1, -0.05) is 36.4 Å². The number of halogens is 1. The van der Waals surface area contributed by atoms with Crippen LogP contribution in [0.3, 0.4) is 0 Å². The van der Waals surface area contributed by atoms with E-state index in [1.165, 1.54) is 12.1 Å². The average molecular weight is 445 g/mol. The van der Waals surface area contributed by atoms with E-state index in [9.17, 15) is 14.0 Å². The number of carbonyl (C=O) groups is 2. The second kappa shape index (κ2) is 9.95. The van der Waals surface area contributed by atoms with Crippen molar-refractivity contribution in [2.75, 3.05) is 29.0 Å². The van der Waals surface area contributed by atoms with Crippen LogP contribution in [-0.2, 0) is 0 Å². The smallest absolute Gasteiger partial charge is 0.320 e. The third-order valence-electron chi connectivity index (χ3n) is 5.37. The number of anilines is 3. The summed E-state index contributed by atoms with van der Waals surface area (Å²) in [5, 5.41) is 8.04. The Kier molecular flexibility index (Phi) is 6.64. The van der Waals surface area contributed by atoms with Crippen LogP contribution in [0.5, 0.6) is 0 Å². The molecule has 0 radical (unpaired) electrons. The van der Waals surface area contributed by atoms with Crippen LogP contribution in [0.1, 0.15) is 17.5 Å². The first-order valence-electron chi connectivity index (χ1n) is 10.6. The van der Waals surface area contributed by atoms with Crippen LogP contribution in [0.25, 0.3) is 5.57 Å². The van der Waals surface area contributed by atoms with Gasteiger partial charge in [-0.05, 0) is 60.4 Å². The lowest BCUT2D eigenvalue weighted by Gasteiger charge is -2.27. The first kappa shape index (κ1) is 22.0. The standard InChI is InChI=1S/C25H24FN5O2/c1-17-5-4-14-27-23(17)30-25(33)31-15-12-19(13-16-31)18-8-10-20(11-9-18)28-24(32)29-22-7-3-2-6-21(22)26/h2-12,14H,13,15-16H2,1H3,(H,27,30,33)(H2,28,29,32). The van der Waals surface area contributed by atoms with E-state index in [4.69, 9.17) is 0 Å². The van der Waals surface area contributed by atoms with E-state index in [-0.39, 0.29) is 11.7 Å². The lowest BCUT2D eigenvalue weighted by Crippen LogP contribution is -2.38. The fourth-order valence-electron chi connectivity index (χ4n) is 3.53. The van der Waals surface area contributed by atoms with Crippen LogP contribution in [0.2, 0.25) is 0 Å². The summed E-state index contributed by atoms with van der Waals surface area (Å²) in [6.45, 7) is 2.99. The number of nitrogens with zero attached hydrogens (tertiary/aromatic N) is 2. The highest BCUT2D eigenvalue weighted by molar-refractivity contribution is 5.99. The van der Waals surface area contributed by atoms with Crippen LogP contribution in [0, 0.1) is 12.7 Å². The number of nitrogens with one attached hydrogen (secondary N) is 3. The fourth-order valence-corrected chi connectivity index (χ4v) is 3.53. The van der Waals surface area contributed by atoms with E-state index in [1.54, 1.807) is 35.4 Å². The normalized spacial score (nSPS) is 13.2. The molecule has 3 aromatic rings. The van der Waals surface area contributed by atoms with Crippen LogP contribution in [0.15, 0.2) is 72.9 Å². The number of para-hydroxylation sites is 1. The van der Waals surface area contributed by atoms with E-state index >= 15 is 0 Å². The molecule has 4 rings (SSSR count). The summed E-state index contributed by atoms with van der Waals surface area (Å²) >= 11 is 0. The molecule has 7 nitrogen and oxygen atoms in total. The molecule has 0 aliphatic carbocycles. The van der Waals surface area contributed by atoms with Gasteiger partial charge in [-0.15, -0.1) is 0 Å². The third kappa shape index (κ3) is 5.54. The van der Waals surface area contributed by atoms with Gasteiger partial charge in [0.2, 0.25) is 0 Å². The molecule has 1 aromatic heterocycles. The van der Waals surface area contributed by atoms with Gasteiger partial charge >= 0.3 is 12.1 Å². The predicted molar refractivity (Wildman–Crippen MR) is 128 cm³/mol. The monoisotopic (exact) mass is 445 g/mol. The van der Waals surface area contributed by atoms with Crippen molar-refractivity contribution in [1.82, 2.24) is 9.88 Å². The molecule has 0 unspecified atom stereocenters. The minimum absolute atomic E-state index is 0.116. The first-order chi connectivity index (χ1) is 16.0. The Hall–Kier alpha value is -4.20. The minimum atomic E-state index is -0.519. The highest BCUT2D eigenvalue weighted by Gasteiger charge is 2.19. The number of amides is 4. The van der Waals surface area contributed by atoms with Gasteiger partial charge in [0, 0.05) is 25.0 Å². The molecular weight excluding hydrogens is 421 g/mol. The van der Waals surface area contributed by atoms with Crippen LogP contribution in [0.4, 0.5) is 31.2 Å². The molecule has 0 fully saturated rings. The van der Waals surface area contributed by atoms with Gasteiger partial charge in [0.05, 0.1) is 5.69 Å². The van der Waals surface area contributed by atoms with Crippen molar-refractivity contribution in [1.29, 1.82) is 0 Å². The number of benzene rings is 2. The van der Waals surface area contributed by atoms with Crippen molar-refractivity contribution in [3.8, 4) is 0 Å².